The summed E-state index contributed by atoms with van der Waals surface area (Å²) in [6.07, 6.45) is 3.96. The van der Waals surface area contributed by atoms with E-state index in [1.165, 1.54) is 0 Å². The van der Waals surface area contributed by atoms with Gasteiger partial charge in [-0.25, -0.2) is 4.98 Å². The van der Waals surface area contributed by atoms with Gasteiger partial charge in [0, 0.05) is 12.7 Å². The van der Waals surface area contributed by atoms with Gasteiger partial charge in [-0.05, 0) is 52.0 Å². The molecular formula is C13H20N4. The van der Waals surface area contributed by atoms with Crippen LogP contribution in [-0.4, -0.2) is 37.1 Å². The average molecular weight is 232 g/mol. The van der Waals surface area contributed by atoms with Crippen LogP contribution in [0.25, 0.3) is 0 Å². The Morgan fingerprint density at radius 3 is 2.82 bits per heavy atom. The van der Waals surface area contributed by atoms with Crippen molar-refractivity contribution in [1.82, 2.24) is 9.88 Å². The number of anilines is 1. The molecule has 0 aliphatic carbocycles. The van der Waals surface area contributed by atoms with Gasteiger partial charge in [-0.2, -0.15) is 5.26 Å². The lowest BCUT2D eigenvalue weighted by Crippen LogP contribution is -2.14. The summed E-state index contributed by atoms with van der Waals surface area (Å²) < 4.78 is 0. The van der Waals surface area contributed by atoms with Crippen molar-refractivity contribution in [3.05, 3.63) is 23.4 Å². The largest absolute Gasteiger partial charge is 0.369 e. The van der Waals surface area contributed by atoms with E-state index in [0.717, 1.165) is 31.5 Å². The second kappa shape index (κ2) is 6.87. The summed E-state index contributed by atoms with van der Waals surface area (Å²) in [6.45, 7) is 3.88. The molecule has 0 aliphatic rings. The minimum absolute atomic E-state index is 0.653. The fraction of sp³-hybridized carbons (Fsp3) is 0.538. The van der Waals surface area contributed by atoms with Gasteiger partial charge < -0.3 is 10.2 Å². The van der Waals surface area contributed by atoms with Crippen molar-refractivity contribution in [3.8, 4) is 6.07 Å². The average Bonchev–Trinajstić information content (AvgIpc) is 2.28. The van der Waals surface area contributed by atoms with Crippen LogP contribution in [0.4, 0.5) is 5.82 Å². The first-order valence-corrected chi connectivity index (χ1v) is 5.89. The molecule has 1 rings (SSSR count). The van der Waals surface area contributed by atoms with Crippen molar-refractivity contribution < 1.29 is 0 Å². The lowest BCUT2D eigenvalue weighted by Gasteiger charge is -2.10. The minimum Gasteiger partial charge on any atom is -0.369 e. The Kier molecular flexibility index (Phi) is 5.44. The minimum atomic E-state index is 0.653. The van der Waals surface area contributed by atoms with Gasteiger partial charge in [0.2, 0.25) is 0 Å². The number of hydrogen-bond donors (Lipinski definition) is 1. The van der Waals surface area contributed by atoms with E-state index in [2.05, 4.69) is 35.4 Å². The molecule has 0 amide bonds. The predicted molar refractivity (Wildman–Crippen MR) is 70.0 cm³/mol. The molecule has 0 atom stereocenters. The van der Waals surface area contributed by atoms with Crippen molar-refractivity contribution in [2.24, 2.45) is 0 Å². The van der Waals surface area contributed by atoms with Crippen LogP contribution in [0.1, 0.15) is 24.0 Å². The molecule has 1 N–H and O–H groups in total. The highest BCUT2D eigenvalue weighted by Gasteiger charge is 2.05. The molecule has 0 fully saturated rings. The summed E-state index contributed by atoms with van der Waals surface area (Å²) in [6, 6.07) is 4.05. The van der Waals surface area contributed by atoms with Crippen LogP contribution in [0, 0.1) is 18.3 Å². The molecule has 4 heteroatoms. The van der Waals surface area contributed by atoms with E-state index in [0.29, 0.717) is 11.4 Å². The van der Waals surface area contributed by atoms with Gasteiger partial charge >= 0.3 is 0 Å². The molecule has 0 saturated heterocycles. The second-order valence-corrected chi connectivity index (χ2v) is 4.40. The SMILES string of the molecule is Cc1ccnc(NCCCCN(C)C)c1C#N. The summed E-state index contributed by atoms with van der Waals surface area (Å²) in [5, 5.41) is 12.3. The predicted octanol–water partition coefficient (Wildman–Crippen LogP) is 2.02. The third-order valence-electron chi connectivity index (χ3n) is 2.60. The molecular weight excluding hydrogens is 212 g/mol. The smallest absolute Gasteiger partial charge is 0.144 e. The van der Waals surface area contributed by atoms with E-state index < -0.39 is 0 Å². The molecule has 17 heavy (non-hydrogen) atoms. The van der Waals surface area contributed by atoms with E-state index in [1.807, 2.05) is 13.0 Å². The number of nitriles is 1. The summed E-state index contributed by atoms with van der Waals surface area (Å²) in [7, 11) is 4.15. The fourth-order valence-electron chi connectivity index (χ4n) is 1.59. The van der Waals surface area contributed by atoms with Crippen LogP contribution in [0.15, 0.2) is 12.3 Å². The Hall–Kier alpha value is -1.60. The van der Waals surface area contributed by atoms with Gasteiger partial charge in [-0.3, -0.25) is 0 Å². The Morgan fingerprint density at radius 1 is 1.41 bits per heavy atom. The first-order chi connectivity index (χ1) is 8.15. The molecule has 0 spiro atoms. The molecule has 92 valence electrons. The Balaban J connectivity index is 2.42. The molecule has 4 nitrogen and oxygen atoms in total. The number of rotatable bonds is 6. The highest BCUT2D eigenvalue weighted by Crippen LogP contribution is 2.14. The summed E-state index contributed by atoms with van der Waals surface area (Å²) in [5.74, 6) is 0.706. The monoisotopic (exact) mass is 232 g/mol. The third-order valence-corrected chi connectivity index (χ3v) is 2.60. The molecule has 0 saturated carbocycles. The van der Waals surface area contributed by atoms with Crippen molar-refractivity contribution in [2.75, 3.05) is 32.5 Å². The van der Waals surface area contributed by atoms with Gasteiger partial charge in [-0.15, -0.1) is 0 Å². The molecule has 0 aliphatic heterocycles. The zero-order chi connectivity index (χ0) is 12.7. The summed E-state index contributed by atoms with van der Waals surface area (Å²) >= 11 is 0. The van der Waals surface area contributed by atoms with Crippen molar-refractivity contribution in [1.29, 1.82) is 5.26 Å². The number of pyridine rings is 1. The van der Waals surface area contributed by atoms with E-state index in [-0.39, 0.29) is 0 Å². The van der Waals surface area contributed by atoms with Gasteiger partial charge in [0.1, 0.15) is 11.9 Å². The number of unbranched alkanes of at least 4 members (excludes halogenated alkanes) is 1. The third kappa shape index (κ3) is 4.41. The van der Waals surface area contributed by atoms with Crippen LogP contribution in [0.2, 0.25) is 0 Å². The van der Waals surface area contributed by atoms with Gasteiger partial charge in [0.25, 0.3) is 0 Å². The summed E-state index contributed by atoms with van der Waals surface area (Å²) in [4.78, 5) is 6.37. The topological polar surface area (TPSA) is 52.0 Å². The standard InChI is InChI=1S/C13H20N4/c1-11-6-8-16-13(12(11)10-14)15-7-4-5-9-17(2)3/h6,8H,4-5,7,9H2,1-3H3,(H,15,16). The molecule has 0 bridgehead atoms. The fourth-order valence-corrected chi connectivity index (χ4v) is 1.59. The van der Waals surface area contributed by atoms with Gasteiger partial charge in [0.15, 0.2) is 0 Å². The second-order valence-electron chi connectivity index (χ2n) is 4.40. The zero-order valence-electron chi connectivity index (χ0n) is 10.8. The maximum absolute atomic E-state index is 9.04. The first kappa shape index (κ1) is 13.5. The Labute approximate surface area is 103 Å². The molecule has 1 aromatic heterocycles. The van der Waals surface area contributed by atoms with Crippen LogP contribution in [0.5, 0.6) is 0 Å². The lowest BCUT2D eigenvalue weighted by atomic mass is 10.1. The van der Waals surface area contributed by atoms with Gasteiger partial charge in [0.05, 0.1) is 5.56 Å². The Morgan fingerprint density at radius 2 is 2.18 bits per heavy atom. The number of nitrogens with one attached hydrogen (secondary N) is 1. The maximum atomic E-state index is 9.04. The van der Waals surface area contributed by atoms with E-state index in [4.69, 9.17) is 5.26 Å². The van der Waals surface area contributed by atoms with Crippen molar-refractivity contribution in [3.63, 3.8) is 0 Å². The lowest BCUT2D eigenvalue weighted by molar-refractivity contribution is 0.396. The van der Waals surface area contributed by atoms with Crippen LogP contribution >= 0.6 is 0 Å². The van der Waals surface area contributed by atoms with Crippen LogP contribution in [-0.2, 0) is 0 Å². The first-order valence-electron chi connectivity index (χ1n) is 5.89. The van der Waals surface area contributed by atoms with Crippen molar-refractivity contribution in [2.45, 2.75) is 19.8 Å². The number of aryl methyl sites for hydroxylation is 1. The van der Waals surface area contributed by atoms with E-state index in [9.17, 15) is 0 Å². The summed E-state index contributed by atoms with van der Waals surface area (Å²) in [5.41, 5.74) is 1.62. The number of aromatic nitrogens is 1. The molecule has 1 heterocycles. The van der Waals surface area contributed by atoms with Crippen LogP contribution < -0.4 is 5.32 Å². The van der Waals surface area contributed by atoms with E-state index >= 15 is 0 Å². The highest BCUT2D eigenvalue weighted by molar-refractivity contribution is 5.55. The molecule has 0 aromatic carbocycles. The maximum Gasteiger partial charge on any atom is 0.144 e. The molecule has 0 unspecified atom stereocenters. The number of nitrogens with zero attached hydrogens (tertiary/aromatic N) is 3. The quantitative estimate of drug-likeness (QED) is 0.762. The Bertz CT molecular complexity index is 393. The normalized spacial score (nSPS) is 10.3. The molecule has 1 aromatic rings. The van der Waals surface area contributed by atoms with Gasteiger partial charge in [-0.1, -0.05) is 0 Å². The van der Waals surface area contributed by atoms with Crippen molar-refractivity contribution >= 4 is 5.82 Å². The molecule has 0 radical (unpaired) electrons. The highest BCUT2D eigenvalue weighted by atomic mass is 15.0. The zero-order valence-corrected chi connectivity index (χ0v) is 10.8. The number of hydrogen-bond acceptors (Lipinski definition) is 4. The van der Waals surface area contributed by atoms with Crippen LogP contribution in [0.3, 0.4) is 0 Å². The van der Waals surface area contributed by atoms with E-state index in [1.54, 1.807) is 6.20 Å².